The van der Waals surface area contributed by atoms with E-state index in [-0.39, 0.29) is 0 Å². The van der Waals surface area contributed by atoms with Crippen molar-refractivity contribution < 1.29 is 4.79 Å². The van der Waals surface area contributed by atoms with Gasteiger partial charge >= 0.3 is 0 Å². The second-order valence-corrected chi connectivity index (χ2v) is 8.20. The molecule has 4 nitrogen and oxygen atoms in total. The summed E-state index contributed by atoms with van der Waals surface area (Å²) in [6.45, 7) is 7.34. The molecular formula is C21H35N3O. The van der Waals surface area contributed by atoms with Gasteiger partial charge in [0.2, 0.25) is 5.91 Å². The SMILES string of the molecule is CCCn1c(C)cnc1CC1CCN(C(=O)CC2CCCCC2)CC1. The number of carbonyl (C=O) groups is 1. The fourth-order valence-corrected chi connectivity index (χ4v) is 4.61. The lowest BCUT2D eigenvalue weighted by molar-refractivity contribution is -0.133. The summed E-state index contributed by atoms with van der Waals surface area (Å²) in [6, 6.07) is 0. The van der Waals surface area contributed by atoms with E-state index >= 15 is 0 Å². The topological polar surface area (TPSA) is 38.1 Å². The van der Waals surface area contributed by atoms with Gasteiger partial charge in [0.15, 0.2) is 0 Å². The molecule has 2 fully saturated rings. The zero-order valence-electron chi connectivity index (χ0n) is 16.2. The number of aromatic nitrogens is 2. The van der Waals surface area contributed by atoms with Crippen molar-refractivity contribution >= 4 is 5.91 Å². The quantitative estimate of drug-likeness (QED) is 0.768. The van der Waals surface area contributed by atoms with Crippen LogP contribution < -0.4 is 0 Å². The van der Waals surface area contributed by atoms with Crippen molar-refractivity contribution in [3.8, 4) is 0 Å². The summed E-state index contributed by atoms with van der Waals surface area (Å²) >= 11 is 0. The molecule has 0 atom stereocenters. The first-order chi connectivity index (χ1) is 12.2. The molecule has 1 saturated heterocycles. The largest absolute Gasteiger partial charge is 0.343 e. The number of carbonyl (C=O) groups excluding carboxylic acids is 1. The molecule has 0 aromatic carbocycles. The van der Waals surface area contributed by atoms with Crippen molar-refractivity contribution in [2.24, 2.45) is 11.8 Å². The fourth-order valence-electron chi connectivity index (χ4n) is 4.61. The molecule has 1 saturated carbocycles. The summed E-state index contributed by atoms with van der Waals surface area (Å²) in [7, 11) is 0. The van der Waals surface area contributed by atoms with E-state index in [9.17, 15) is 4.79 Å². The minimum absolute atomic E-state index is 0.411. The number of amides is 1. The van der Waals surface area contributed by atoms with Crippen LogP contribution in [0.5, 0.6) is 0 Å². The predicted octanol–water partition coefficient (Wildman–Crippen LogP) is 4.35. The second kappa shape index (κ2) is 8.86. The van der Waals surface area contributed by atoms with E-state index in [1.165, 1.54) is 43.6 Å². The average molecular weight is 346 g/mol. The second-order valence-electron chi connectivity index (χ2n) is 8.20. The van der Waals surface area contributed by atoms with Crippen LogP contribution in [0.4, 0.5) is 0 Å². The number of nitrogens with zero attached hydrogens (tertiary/aromatic N) is 3. The summed E-state index contributed by atoms with van der Waals surface area (Å²) in [6.07, 6.45) is 13.8. The molecule has 2 aliphatic rings. The van der Waals surface area contributed by atoms with Crippen LogP contribution in [0.1, 0.15) is 76.2 Å². The Morgan fingerprint density at radius 1 is 1.12 bits per heavy atom. The summed E-state index contributed by atoms with van der Waals surface area (Å²) in [5.41, 5.74) is 1.27. The predicted molar refractivity (Wildman–Crippen MR) is 101 cm³/mol. The Hall–Kier alpha value is -1.32. The number of rotatable bonds is 6. The highest BCUT2D eigenvalue weighted by Gasteiger charge is 2.26. The van der Waals surface area contributed by atoms with E-state index < -0.39 is 0 Å². The summed E-state index contributed by atoms with van der Waals surface area (Å²) in [5, 5.41) is 0. The molecule has 0 bridgehead atoms. The summed E-state index contributed by atoms with van der Waals surface area (Å²) < 4.78 is 2.38. The van der Waals surface area contributed by atoms with Gasteiger partial charge in [0, 0.05) is 44.4 Å². The van der Waals surface area contributed by atoms with Gasteiger partial charge in [0.1, 0.15) is 5.82 Å². The molecule has 1 aliphatic carbocycles. The molecule has 0 N–H and O–H groups in total. The van der Waals surface area contributed by atoms with Gasteiger partial charge in [-0.15, -0.1) is 0 Å². The first-order valence-corrected chi connectivity index (χ1v) is 10.5. The van der Waals surface area contributed by atoms with Gasteiger partial charge in [-0.05, 0) is 50.9 Å². The molecule has 0 unspecified atom stereocenters. The van der Waals surface area contributed by atoms with Crippen molar-refractivity contribution in [1.82, 2.24) is 14.5 Å². The Morgan fingerprint density at radius 2 is 1.84 bits per heavy atom. The van der Waals surface area contributed by atoms with Crippen molar-refractivity contribution in [1.29, 1.82) is 0 Å². The third-order valence-electron chi connectivity index (χ3n) is 6.21. The van der Waals surface area contributed by atoms with E-state index in [0.29, 0.717) is 17.7 Å². The van der Waals surface area contributed by atoms with Crippen LogP contribution in [-0.4, -0.2) is 33.4 Å². The van der Waals surface area contributed by atoms with E-state index in [1.807, 2.05) is 6.20 Å². The Morgan fingerprint density at radius 3 is 2.52 bits per heavy atom. The third kappa shape index (κ3) is 4.86. The maximum atomic E-state index is 12.6. The van der Waals surface area contributed by atoms with Gasteiger partial charge in [-0.2, -0.15) is 0 Å². The monoisotopic (exact) mass is 345 g/mol. The molecule has 140 valence electrons. The third-order valence-corrected chi connectivity index (χ3v) is 6.21. The Labute approximate surface area is 153 Å². The molecule has 1 amide bonds. The first-order valence-electron chi connectivity index (χ1n) is 10.5. The number of hydrogen-bond donors (Lipinski definition) is 0. The van der Waals surface area contributed by atoms with Crippen molar-refractivity contribution in [3.63, 3.8) is 0 Å². The van der Waals surface area contributed by atoms with Gasteiger partial charge in [-0.25, -0.2) is 4.98 Å². The lowest BCUT2D eigenvalue weighted by Crippen LogP contribution is -2.39. The zero-order valence-corrected chi connectivity index (χ0v) is 16.2. The van der Waals surface area contributed by atoms with Crippen LogP contribution in [0.25, 0.3) is 0 Å². The fraction of sp³-hybridized carbons (Fsp3) is 0.810. The van der Waals surface area contributed by atoms with E-state index in [0.717, 1.165) is 51.7 Å². The van der Waals surface area contributed by atoms with Crippen molar-refractivity contribution in [2.75, 3.05) is 13.1 Å². The Kier molecular flexibility index (Phi) is 6.55. The molecule has 1 aromatic rings. The molecular weight excluding hydrogens is 310 g/mol. The van der Waals surface area contributed by atoms with Gasteiger partial charge in [0.25, 0.3) is 0 Å². The van der Waals surface area contributed by atoms with Crippen LogP contribution in [0, 0.1) is 18.8 Å². The number of hydrogen-bond acceptors (Lipinski definition) is 2. The maximum Gasteiger partial charge on any atom is 0.222 e. The molecule has 25 heavy (non-hydrogen) atoms. The van der Waals surface area contributed by atoms with Gasteiger partial charge in [-0.1, -0.05) is 26.2 Å². The van der Waals surface area contributed by atoms with E-state index in [1.54, 1.807) is 0 Å². The molecule has 1 aromatic heterocycles. The molecule has 1 aliphatic heterocycles. The Balaban J connectivity index is 1.46. The van der Waals surface area contributed by atoms with Crippen LogP contribution in [0.3, 0.4) is 0 Å². The minimum atomic E-state index is 0.411. The van der Waals surface area contributed by atoms with Crippen LogP contribution >= 0.6 is 0 Å². The maximum absolute atomic E-state index is 12.6. The highest BCUT2D eigenvalue weighted by atomic mass is 16.2. The molecule has 0 radical (unpaired) electrons. The summed E-state index contributed by atoms with van der Waals surface area (Å²) in [4.78, 5) is 19.4. The number of aryl methyl sites for hydroxylation is 1. The van der Waals surface area contributed by atoms with Crippen molar-refractivity contribution in [2.45, 2.75) is 84.6 Å². The number of piperidine rings is 1. The van der Waals surface area contributed by atoms with Crippen LogP contribution in [-0.2, 0) is 17.8 Å². The number of imidazole rings is 1. The highest BCUT2D eigenvalue weighted by molar-refractivity contribution is 5.76. The van der Waals surface area contributed by atoms with Gasteiger partial charge in [0.05, 0.1) is 0 Å². The van der Waals surface area contributed by atoms with E-state index in [2.05, 4.69) is 28.3 Å². The van der Waals surface area contributed by atoms with E-state index in [4.69, 9.17) is 0 Å². The van der Waals surface area contributed by atoms with Crippen molar-refractivity contribution in [3.05, 3.63) is 17.7 Å². The van der Waals surface area contributed by atoms with Gasteiger partial charge < -0.3 is 9.47 Å². The normalized spacial score (nSPS) is 20.2. The average Bonchev–Trinajstić information content (AvgIpc) is 2.97. The van der Waals surface area contributed by atoms with Crippen LogP contribution in [0.2, 0.25) is 0 Å². The lowest BCUT2D eigenvalue weighted by atomic mass is 9.86. The molecule has 2 heterocycles. The standard InChI is InChI=1S/C21H35N3O/c1-3-11-24-17(2)16-22-20(24)14-19-9-12-23(13-10-19)21(25)15-18-7-5-4-6-8-18/h16,18-19H,3-15H2,1-2H3. The Bertz CT molecular complexity index is 551. The summed E-state index contributed by atoms with van der Waals surface area (Å²) in [5.74, 6) is 2.99. The highest BCUT2D eigenvalue weighted by Crippen LogP contribution is 2.28. The first kappa shape index (κ1) is 18.5. The number of likely N-dealkylation sites (tertiary alicyclic amines) is 1. The molecule has 3 rings (SSSR count). The lowest BCUT2D eigenvalue weighted by Gasteiger charge is -2.33. The van der Waals surface area contributed by atoms with Gasteiger partial charge in [-0.3, -0.25) is 4.79 Å². The molecule has 4 heteroatoms. The zero-order chi connectivity index (χ0) is 17.6. The van der Waals surface area contributed by atoms with Crippen LogP contribution in [0.15, 0.2) is 6.20 Å². The molecule has 0 spiro atoms. The smallest absolute Gasteiger partial charge is 0.222 e. The minimum Gasteiger partial charge on any atom is -0.343 e.